The van der Waals surface area contributed by atoms with Crippen LogP contribution in [0.1, 0.15) is 21.5 Å². The van der Waals surface area contributed by atoms with Crippen molar-refractivity contribution in [3.8, 4) is 5.75 Å². The molecule has 0 heterocycles. The van der Waals surface area contributed by atoms with Gasteiger partial charge in [0.1, 0.15) is 16.9 Å². The van der Waals surface area contributed by atoms with Crippen LogP contribution in [0.15, 0.2) is 18.2 Å². The van der Waals surface area contributed by atoms with Crippen molar-refractivity contribution in [3.05, 3.63) is 58.2 Å². The van der Waals surface area contributed by atoms with Crippen molar-refractivity contribution < 1.29 is 45.7 Å². The van der Waals surface area contributed by atoms with Gasteiger partial charge in [0, 0.05) is 17.8 Å². The Balaban J connectivity index is 0.00000364. The number of alkyl halides is 3. The van der Waals surface area contributed by atoms with Crippen LogP contribution in [0.3, 0.4) is 0 Å². The number of benzene rings is 2. The van der Waals surface area contributed by atoms with Crippen LogP contribution < -0.4 is 5.32 Å². The number of carboxylic acids is 1. The fourth-order valence-electron chi connectivity index (χ4n) is 2.09. The van der Waals surface area contributed by atoms with Crippen molar-refractivity contribution in [2.24, 2.45) is 0 Å². The Morgan fingerprint density at radius 3 is 1.96 bits per heavy atom. The molecule has 27 heavy (non-hydrogen) atoms. The van der Waals surface area contributed by atoms with Crippen LogP contribution in [0.5, 0.6) is 5.75 Å². The molecule has 2 rings (SSSR count). The number of aromatic carboxylic acids is 1. The zero-order valence-corrected chi connectivity index (χ0v) is 12.4. The fourth-order valence-corrected chi connectivity index (χ4v) is 2.09. The molecule has 0 aromatic heterocycles. The Kier molecular flexibility index (Phi) is 7.70. The molecule has 0 unspecified atom stereocenters. The van der Waals surface area contributed by atoms with Crippen molar-refractivity contribution >= 4 is 63.0 Å². The van der Waals surface area contributed by atoms with Gasteiger partial charge in [-0.3, -0.25) is 0 Å². The van der Waals surface area contributed by atoms with E-state index in [1.807, 2.05) is 0 Å². The van der Waals surface area contributed by atoms with Crippen LogP contribution in [0.2, 0.25) is 0 Å². The van der Waals surface area contributed by atoms with Gasteiger partial charge in [0.05, 0.1) is 0 Å². The Bertz CT molecular complexity index is 858. The summed E-state index contributed by atoms with van der Waals surface area (Å²) in [5, 5.41) is 20.4. The van der Waals surface area contributed by atoms with E-state index in [1.165, 1.54) is 0 Å². The Morgan fingerprint density at radius 1 is 1.00 bits per heavy atom. The minimum atomic E-state index is -5.64. The second-order valence-corrected chi connectivity index (χ2v) is 5.00. The van der Waals surface area contributed by atoms with E-state index >= 15 is 0 Å². The van der Waals surface area contributed by atoms with Crippen molar-refractivity contribution in [3.63, 3.8) is 0 Å². The number of hydrogen-bond acceptors (Lipinski definition) is 3. The molecule has 0 saturated heterocycles. The zero-order chi connectivity index (χ0) is 19.8. The van der Waals surface area contributed by atoms with Crippen LogP contribution in [0, 0.1) is 23.3 Å². The van der Waals surface area contributed by atoms with Gasteiger partial charge in [-0.05, 0) is 18.2 Å². The summed E-state index contributed by atoms with van der Waals surface area (Å²) in [6.45, 7) is -0.993. The van der Waals surface area contributed by atoms with Crippen LogP contribution in [-0.2, 0) is 12.7 Å². The Hall–Kier alpha value is -1.34. The number of hydrogen-bond donors (Lipinski definition) is 3. The third kappa shape index (κ3) is 4.93. The predicted molar refractivity (Wildman–Crippen MR) is 80.8 cm³/mol. The van der Waals surface area contributed by atoms with Gasteiger partial charge in [0.15, 0.2) is 23.3 Å². The van der Waals surface area contributed by atoms with E-state index in [4.69, 9.17) is 5.11 Å². The monoisotopic (exact) mass is 423 g/mol. The van der Waals surface area contributed by atoms with Gasteiger partial charge >= 0.3 is 63.5 Å². The van der Waals surface area contributed by atoms with E-state index in [2.05, 4.69) is 5.32 Å². The van der Waals surface area contributed by atoms with Gasteiger partial charge < -0.3 is 15.5 Å². The molecule has 0 amide bonds. The van der Waals surface area contributed by atoms with E-state index in [1.54, 1.807) is 0 Å². The molecule has 0 atom stereocenters. The van der Waals surface area contributed by atoms with E-state index in [0.717, 1.165) is 18.2 Å². The molecule has 3 N–H and O–H groups in total. The summed E-state index contributed by atoms with van der Waals surface area (Å²) >= 11 is 0. The molecule has 12 heteroatoms. The van der Waals surface area contributed by atoms with E-state index in [-0.39, 0.29) is 57.1 Å². The molecule has 0 radical (unpaired) electrons. The summed E-state index contributed by atoms with van der Waals surface area (Å²) in [5.41, 5.74) is -4.74. The second kappa shape index (κ2) is 8.77. The maximum absolute atomic E-state index is 13.8. The first kappa shape index (κ1) is 23.7. The maximum atomic E-state index is 13.8. The van der Waals surface area contributed by atoms with E-state index in [9.17, 15) is 40.6 Å². The summed E-state index contributed by atoms with van der Waals surface area (Å²) in [4.78, 5) is 10.9. The van der Waals surface area contributed by atoms with Crippen LogP contribution in [0.25, 0.3) is 0 Å². The quantitative estimate of drug-likeness (QED) is 0.304. The number of rotatable bonds is 4. The number of halogens is 7. The first-order chi connectivity index (χ1) is 11.9. The molecule has 0 bridgehead atoms. The van der Waals surface area contributed by atoms with Gasteiger partial charge in [0.25, 0.3) is 0 Å². The van der Waals surface area contributed by atoms with E-state index < -0.39 is 64.4 Å². The summed E-state index contributed by atoms with van der Waals surface area (Å²) in [5.74, 6) is -11.8. The van der Waals surface area contributed by atoms with Crippen LogP contribution >= 0.6 is 0 Å². The molecule has 2 aromatic rings. The molecular formula is C15H9F7KNO3. The second-order valence-electron chi connectivity index (χ2n) is 5.00. The molecule has 0 fully saturated rings. The fraction of sp³-hybridized carbons (Fsp3) is 0.133. The summed E-state index contributed by atoms with van der Waals surface area (Å²) < 4.78 is 92.0. The summed E-state index contributed by atoms with van der Waals surface area (Å²) in [6.07, 6.45) is -5.64. The van der Waals surface area contributed by atoms with Gasteiger partial charge in [-0.1, -0.05) is 0 Å². The Labute approximate surface area is 189 Å². The third-order valence-corrected chi connectivity index (χ3v) is 3.33. The molecule has 142 valence electrons. The van der Waals surface area contributed by atoms with Crippen molar-refractivity contribution in [1.82, 2.24) is 0 Å². The van der Waals surface area contributed by atoms with Gasteiger partial charge in [0.2, 0.25) is 0 Å². The first-order valence-corrected chi connectivity index (χ1v) is 6.67. The number of carbonyl (C=O) groups is 1. The number of carboxylic acid groups (broad SMARTS) is 1. The Morgan fingerprint density at radius 2 is 1.52 bits per heavy atom. The van der Waals surface area contributed by atoms with Crippen molar-refractivity contribution in [1.29, 1.82) is 0 Å². The summed E-state index contributed by atoms with van der Waals surface area (Å²) in [7, 11) is 0. The molecular weight excluding hydrogens is 414 g/mol. The van der Waals surface area contributed by atoms with Gasteiger partial charge in [-0.25, -0.2) is 22.4 Å². The van der Waals surface area contributed by atoms with Crippen LogP contribution in [0.4, 0.5) is 36.4 Å². The number of nitrogens with one attached hydrogen (secondary N) is 1. The molecule has 0 saturated carbocycles. The number of anilines is 1. The van der Waals surface area contributed by atoms with Gasteiger partial charge in [-0.15, -0.1) is 0 Å². The zero-order valence-electron chi connectivity index (χ0n) is 12.4. The average molecular weight is 423 g/mol. The molecule has 4 nitrogen and oxygen atoms in total. The average Bonchev–Trinajstić information content (AvgIpc) is 2.53. The van der Waals surface area contributed by atoms with Gasteiger partial charge in [-0.2, -0.15) is 13.2 Å². The summed E-state index contributed by atoms with van der Waals surface area (Å²) in [6, 6.07) is 2.85. The normalized spacial score (nSPS) is 11.1. The van der Waals surface area contributed by atoms with Crippen LogP contribution in [-0.4, -0.2) is 67.6 Å². The molecule has 0 aliphatic carbocycles. The number of phenols is 1. The molecule has 0 aliphatic rings. The predicted octanol–water partition coefficient (Wildman–Crippen LogP) is 3.63. The topological polar surface area (TPSA) is 69.6 Å². The number of aromatic hydroxyl groups is 1. The minimum absolute atomic E-state index is 0. The van der Waals surface area contributed by atoms with E-state index in [0.29, 0.717) is 0 Å². The van der Waals surface area contributed by atoms with Crippen molar-refractivity contribution in [2.45, 2.75) is 12.7 Å². The standard InChI is InChI=1S/C15H8F7NO3.K.H/c16-10-7(11(17)13(19)9(12(10)18)15(20,21)22)4-23-5-1-2-8(24)6(3-5)14(25)26;;/h1-3,23-24H,4H2,(H,25,26);;. The van der Waals surface area contributed by atoms with Crippen molar-refractivity contribution in [2.75, 3.05) is 5.32 Å². The third-order valence-electron chi connectivity index (χ3n) is 3.33. The molecule has 0 spiro atoms. The first-order valence-electron chi connectivity index (χ1n) is 6.67. The molecule has 2 aromatic carbocycles. The SMILES string of the molecule is O=C(O)c1cc(NCc2c(F)c(F)c(C(F)(F)F)c(F)c2F)ccc1O.[KH]. The molecule has 0 aliphatic heterocycles.